The van der Waals surface area contributed by atoms with Crippen molar-refractivity contribution in [3.8, 4) is 11.4 Å². The number of rotatable bonds is 6. The lowest BCUT2D eigenvalue weighted by Gasteiger charge is -2.35. The van der Waals surface area contributed by atoms with E-state index >= 15 is 0 Å². The maximum Gasteiger partial charge on any atom is 0.175 e. The van der Waals surface area contributed by atoms with Crippen molar-refractivity contribution >= 4 is 17.3 Å². The predicted molar refractivity (Wildman–Crippen MR) is 130 cm³/mol. The number of anilines is 1. The smallest absolute Gasteiger partial charge is 0.175 e. The number of pyridine rings is 2. The Morgan fingerprint density at radius 3 is 2.56 bits per heavy atom. The minimum atomic E-state index is -0.264. The number of halogens is 1. The standard InChI is InChI=1S/C25H29ClN6O2/c26-21-11-20(31-9-7-30(8-10-31)14-19-3-1-2-6-28-19)12-29-24(21)22-13-27-18-32(22)15-23-33-16-25(4-5-25)17-34-23/h1-3,6,11-13,18,23H,4-5,7-10,14-17H2. The summed E-state index contributed by atoms with van der Waals surface area (Å²) in [6.07, 6.45) is 9.51. The molecule has 1 saturated carbocycles. The van der Waals surface area contributed by atoms with Crippen LogP contribution in [0.5, 0.6) is 0 Å². The highest BCUT2D eigenvalue weighted by atomic mass is 35.5. The first kappa shape index (κ1) is 22.0. The van der Waals surface area contributed by atoms with Crippen molar-refractivity contribution in [3.63, 3.8) is 0 Å². The molecule has 2 saturated heterocycles. The van der Waals surface area contributed by atoms with Gasteiger partial charge in [0.25, 0.3) is 0 Å². The van der Waals surface area contributed by atoms with Gasteiger partial charge in [-0.1, -0.05) is 17.7 Å². The van der Waals surface area contributed by atoms with Crippen LogP contribution in [0, 0.1) is 5.41 Å². The lowest BCUT2D eigenvalue weighted by atomic mass is 10.1. The first-order valence-corrected chi connectivity index (χ1v) is 12.3. The number of hydrogen-bond acceptors (Lipinski definition) is 7. The van der Waals surface area contributed by atoms with Crippen LogP contribution >= 0.6 is 11.6 Å². The summed E-state index contributed by atoms with van der Waals surface area (Å²) in [6, 6.07) is 8.09. The summed E-state index contributed by atoms with van der Waals surface area (Å²) in [6.45, 7) is 6.83. The minimum Gasteiger partial charge on any atom is -0.368 e. The highest BCUT2D eigenvalue weighted by Crippen LogP contribution is 2.48. The molecule has 3 fully saturated rings. The molecule has 34 heavy (non-hydrogen) atoms. The van der Waals surface area contributed by atoms with Crippen molar-refractivity contribution in [2.24, 2.45) is 5.41 Å². The van der Waals surface area contributed by atoms with E-state index in [-0.39, 0.29) is 6.29 Å². The van der Waals surface area contributed by atoms with E-state index in [0.717, 1.165) is 68.7 Å². The van der Waals surface area contributed by atoms with Gasteiger partial charge in [0.15, 0.2) is 6.29 Å². The average molecular weight is 481 g/mol. The molecule has 1 spiro atoms. The zero-order chi connectivity index (χ0) is 23.0. The monoisotopic (exact) mass is 480 g/mol. The molecule has 1 aliphatic carbocycles. The van der Waals surface area contributed by atoms with Gasteiger partial charge in [-0.25, -0.2) is 4.98 Å². The summed E-state index contributed by atoms with van der Waals surface area (Å²) < 4.78 is 13.9. The summed E-state index contributed by atoms with van der Waals surface area (Å²) in [5.41, 5.74) is 4.05. The molecule has 3 aromatic rings. The van der Waals surface area contributed by atoms with Gasteiger partial charge >= 0.3 is 0 Å². The van der Waals surface area contributed by atoms with Gasteiger partial charge in [0, 0.05) is 44.3 Å². The molecule has 5 heterocycles. The van der Waals surface area contributed by atoms with E-state index in [2.05, 4.69) is 25.8 Å². The third-order valence-corrected chi connectivity index (χ3v) is 7.37. The molecule has 0 amide bonds. The molecule has 0 aromatic carbocycles. The van der Waals surface area contributed by atoms with Crippen LogP contribution in [0.25, 0.3) is 11.4 Å². The van der Waals surface area contributed by atoms with Gasteiger partial charge in [0.2, 0.25) is 0 Å². The Bertz CT molecular complexity index is 1120. The minimum absolute atomic E-state index is 0.264. The molecule has 0 atom stereocenters. The summed E-state index contributed by atoms with van der Waals surface area (Å²) in [7, 11) is 0. The van der Waals surface area contributed by atoms with Crippen molar-refractivity contribution in [1.82, 2.24) is 24.4 Å². The summed E-state index contributed by atoms with van der Waals surface area (Å²) in [5, 5.41) is 0.623. The van der Waals surface area contributed by atoms with Gasteiger partial charge in [-0.15, -0.1) is 0 Å². The van der Waals surface area contributed by atoms with E-state index in [1.165, 1.54) is 12.8 Å². The quantitative estimate of drug-likeness (QED) is 0.535. The van der Waals surface area contributed by atoms with Crippen LogP contribution in [0.15, 0.2) is 49.2 Å². The highest BCUT2D eigenvalue weighted by molar-refractivity contribution is 6.33. The second-order valence-corrected chi connectivity index (χ2v) is 10.00. The fourth-order valence-electron chi connectivity index (χ4n) is 4.70. The van der Waals surface area contributed by atoms with E-state index in [9.17, 15) is 0 Å². The zero-order valence-electron chi connectivity index (χ0n) is 19.1. The van der Waals surface area contributed by atoms with Crippen LogP contribution in [0.4, 0.5) is 5.69 Å². The first-order valence-electron chi connectivity index (χ1n) is 11.9. The van der Waals surface area contributed by atoms with Crippen molar-refractivity contribution < 1.29 is 9.47 Å². The van der Waals surface area contributed by atoms with Gasteiger partial charge in [0.05, 0.1) is 60.6 Å². The SMILES string of the molecule is Clc1cc(N2CCN(Cc3ccccn3)CC2)cnc1-c1cncn1CC1OCC2(CC2)CO1. The molecule has 3 aliphatic rings. The van der Waals surface area contributed by atoms with E-state index in [1.807, 2.05) is 35.2 Å². The van der Waals surface area contributed by atoms with Crippen LogP contribution < -0.4 is 4.90 Å². The normalized spacial score (nSPS) is 20.7. The number of aromatic nitrogens is 4. The lowest BCUT2D eigenvalue weighted by Crippen LogP contribution is -2.46. The second kappa shape index (κ2) is 9.26. The Morgan fingerprint density at radius 1 is 1.03 bits per heavy atom. The van der Waals surface area contributed by atoms with Crippen molar-refractivity contribution in [2.75, 3.05) is 44.3 Å². The van der Waals surface area contributed by atoms with Crippen molar-refractivity contribution in [1.29, 1.82) is 0 Å². The van der Waals surface area contributed by atoms with Crippen LogP contribution in [-0.4, -0.2) is 70.1 Å². The average Bonchev–Trinajstić information content (AvgIpc) is 3.47. The number of hydrogen-bond donors (Lipinski definition) is 0. The number of nitrogens with zero attached hydrogens (tertiary/aromatic N) is 6. The molecule has 178 valence electrons. The summed E-state index contributed by atoms with van der Waals surface area (Å²) in [5.74, 6) is 0. The van der Waals surface area contributed by atoms with E-state index in [4.69, 9.17) is 26.1 Å². The topological polar surface area (TPSA) is 68.5 Å². The highest BCUT2D eigenvalue weighted by Gasteiger charge is 2.47. The van der Waals surface area contributed by atoms with Crippen molar-refractivity contribution in [3.05, 3.63) is 59.9 Å². The number of piperazine rings is 1. The maximum atomic E-state index is 6.72. The van der Waals surface area contributed by atoms with Crippen LogP contribution in [0.1, 0.15) is 18.5 Å². The molecular weight excluding hydrogens is 452 g/mol. The Kier molecular flexibility index (Phi) is 5.99. The van der Waals surface area contributed by atoms with Gasteiger partial charge in [-0.3, -0.25) is 14.9 Å². The molecule has 0 bridgehead atoms. The van der Waals surface area contributed by atoms with Crippen LogP contribution in [-0.2, 0) is 22.6 Å². The molecule has 0 radical (unpaired) electrons. The molecule has 9 heteroatoms. The Balaban J connectivity index is 1.09. The number of ether oxygens (including phenoxy) is 2. The van der Waals surface area contributed by atoms with Crippen LogP contribution in [0.3, 0.4) is 0 Å². The second-order valence-electron chi connectivity index (χ2n) is 9.59. The molecule has 3 aromatic heterocycles. The third-order valence-electron chi connectivity index (χ3n) is 7.08. The molecule has 6 rings (SSSR count). The summed E-state index contributed by atoms with van der Waals surface area (Å²) >= 11 is 6.72. The van der Waals surface area contributed by atoms with Gasteiger partial charge < -0.3 is 18.9 Å². The molecule has 0 unspecified atom stereocenters. The molecular formula is C25H29ClN6O2. The first-order chi connectivity index (χ1) is 16.7. The third kappa shape index (κ3) is 4.68. The fourth-order valence-corrected chi connectivity index (χ4v) is 4.96. The Labute approximate surface area is 204 Å². The fraction of sp³-hybridized carbons (Fsp3) is 0.480. The van der Waals surface area contributed by atoms with E-state index in [1.54, 1.807) is 12.5 Å². The van der Waals surface area contributed by atoms with Crippen molar-refractivity contribution in [2.45, 2.75) is 32.2 Å². The Hall–Kier alpha value is -2.52. The molecule has 8 nitrogen and oxygen atoms in total. The lowest BCUT2D eigenvalue weighted by molar-refractivity contribution is -0.212. The van der Waals surface area contributed by atoms with Gasteiger partial charge in [-0.05, 0) is 31.0 Å². The zero-order valence-corrected chi connectivity index (χ0v) is 19.9. The van der Waals surface area contributed by atoms with E-state index < -0.39 is 0 Å². The molecule has 2 aliphatic heterocycles. The van der Waals surface area contributed by atoms with Gasteiger partial charge in [-0.2, -0.15) is 0 Å². The Morgan fingerprint density at radius 2 is 1.85 bits per heavy atom. The predicted octanol–water partition coefficient (Wildman–Crippen LogP) is 3.47. The van der Waals surface area contributed by atoms with E-state index in [0.29, 0.717) is 17.0 Å². The summed E-state index contributed by atoms with van der Waals surface area (Å²) in [4.78, 5) is 18.3. The maximum absolute atomic E-state index is 6.72. The largest absolute Gasteiger partial charge is 0.368 e. The van der Waals surface area contributed by atoms with Gasteiger partial charge in [0.1, 0.15) is 5.69 Å². The number of imidazole rings is 1. The van der Waals surface area contributed by atoms with Crippen LogP contribution in [0.2, 0.25) is 5.02 Å². The molecule has 0 N–H and O–H groups in total.